The molecule has 1 aliphatic carbocycles. The second kappa shape index (κ2) is 3.86. The minimum atomic E-state index is 0.611. The van der Waals surface area contributed by atoms with Crippen LogP contribution in [0, 0.1) is 12.8 Å². The monoisotopic (exact) mass is 234 g/mol. The summed E-state index contributed by atoms with van der Waals surface area (Å²) in [5, 5.41) is 4.10. The quantitative estimate of drug-likeness (QED) is 0.756. The Labute approximate surface area is 101 Å². The topological polar surface area (TPSA) is 24.9 Å². The SMILES string of the molecule is Cc1cc(C2=CC[C@H]3CN[C@H]3C2)cnc1Cl. The molecule has 1 aromatic heterocycles. The van der Waals surface area contributed by atoms with Gasteiger partial charge in [-0.25, -0.2) is 4.98 Å². The molecule has 1 fully saturated rings. The van der Waals surface area contributed by atoms with Crippen molar-refractivity contribution < 1.29 is 0 Å². The second-order valence-corrected chi connectivity index (χ2v) is 5.13. The summed E-state index contributed by atoms with van der Waals surface area (Å²) in [5.74, 6) is 0.866. The third-order valence-electron chi connectivity index (χ3n) is 3.70. The van der Waals surface area contributed by atoms with Crippen LogP contribution in [-0.4, -0.2) is 17.6 Å². The van der Waals surface area contributed by atoms with E-state index in [1.54, 1.807) is 0 Å². The van der Waals surface area contributed by atoms with Gasteiger partial charge in [-0.2, -0.15) is 0 Å². The molecule has 0 aromatic carbocycles. The van der Waals surface area contributed by atoms with E-state index in [1.165, 1.54) is 24.1 Å². The Morgan fingerprint density at radius 2 is 2.38 bits per heavy atom. The number of hydrogen-bond donors (Lipinski definition) is 1. The lowest BCUT2D eigenvalue weighted by atomic mass is 9.78. The molecule has 3 rings (SSSR count). The van der Waals surface area contributed by atoms with Gasteiger partial charge in [-0.1, -0.05) is 17.7 Å². The van der Waals surface area contributed by atoms with Crippen LogP contribution in [0.4, 0.5) is 0 Å². The number of nitrogens with one attached hydrogen (secondary N) is 1. The lowest BCUT2D eigenvalue weighted by molar-refractivity contribution is 0.231. The van der Waals surface area contributed by atoms with Crippen molar-refractivity contribution in [1.29, 1.82) is 0 Å². The predicted molar refractivity (Wildman–Crippen MR) is 66.5 cm³/mol. The zero-order chi connectivity index (χ0) is 11.1. The van der Waals surface area contributed by atoms with E-state index in [4.69, 9.17) is 11.6 Å². The number of rotatable bonds is 1. The molecule has 1 saturated heterocycles. The number of halogens is 1. The van der Waals surface area contributed by atoms with Crippen LogP contribution < -0.4 is 5.32 Å². The summed E-state index contributed by atoms with van der Waals surface area (Å²) in [6, 6.07) is 2.83. The predicted octanol–water partition coefficient (Wildman–Crippen LogP) is 2.81. The average molecular weight is 235 g/mol. The maximum Gasteiger partial charge on any atom is 0.131 e. The fourth-order valence-corrected chi connectivity index (χ4v) is 2.62. The summed E-state index contributed by atoms with van der Waals surface area (Å²) in [6.07, 6.45) is 6.59. The van der Waals surface area contributed by atoms with Gasteiger partial charge >= 0.3 is 0 Å². The molecule has 84 valence electrons. The normalized spacial score (nSPS) is 28.0. The first-order valence-corrected chi connectivity index (χ1v) is 6.17. The van der Waals surface area contributed by atoms with Gasteiger partial charge in [0, 0.05) is 18.8 Å². The molecule has 0 bridgehead atoms. The minimum absolute atomic E-state index is 0.611. The Morgan fingerprint density at radius 3 is 3.00 bits per heavy atom. The van der Waals surface area contributed by atoms with E-state index in [-0.39, 0.29) is 0 Å². The first kappa shape index (κ1) is 10.3. The van der Waals surface area contributed by atoms with Crippen LogP contribution in [0.5, 0.6) is 0 Å². The van der Waals surface area contributed by atoms with Crippen molar-refractivity contribution in [3.63, 3.8) is 0 Å². The molecule has 1 N–H and O–H groups in total. The third-order valence-corrected chi connectivity index (χ3v) is 4.10. The maximum absolute atomic E-state index is 5.94. The van der Waals surface area contributed by atoms with Crippen molar-refractivity contribution in [2.75, 3.05) is 6.54 Å². The molecule has 16 heavy (non-hydrogen) atoms. The molecule has 0 amide bonds. The Hall–Kier alpha value is -0.860. The smallest absolute Gasteiger partial charge is 0.131 e. The first-order valence-electron chi connectivity index (χ1n) is 5.79. The van der Waals surface area contributed by atoms with Crippen molar-refractivity contribution in [2.45, 2.75) is 25.8 Å². The highest BCUT2D eigenvalue weighted by Gasteiger charge is 2.32. The summed E-state index contributed by atoms with van der Waals surface area (Å²) in [6.45, 7) is 3.19. The fraction of sp³-hybridized carbons (Fsp3) is 0.462. The third kappa shape index (κ3) is 1.66. The van der Waals surface area contributed by atoms with E-state index >= 15 is 0 Å². The molecule has 2 aliphatic rings. The fourth-order valence-electron chi connectivity index (χ4n) is 2.52. The van der Waals surface area contributed by atoms with Crippen molar-refractivity contribution >= 4 is 17.2 Å². The molecule has 2 nitrogen and oxygen atoms in total. The van der Waals surface area contributed by atoms with Crippen LogP contribution >= 0.6 is 11.6 Å². The molecule has 0 unspecified atom stereocenters. The molecular formula is C13H15ClN2. The Kier molecular flexibility index (Phi) is 2.49. The summed E-state index contributed by atoms with van der Waals surface area (Å²) in [4.78, 5) is 4.22. The van der Waals surface area contributed by atoms with Gasteiger partial charge in [-0.15, -0.1) is 0 Å². The number of aromatic nitrogens is 1. The van der Waals surface area contributed by atoms with E-state index in [0.717, 1.165) is 17.9 Å². The van der Waals surface area contributed by atoms with Crippen LogP contribution in [-0.2, 0) is 0 Å². The van der Waals surface area contributed by atoms with Crippen LogP contribution in [0.15, 0.2) is 18.3 Å². The Balaban J connectivity index is 1.89. The molecular weight excluding hydrogens is 220 g/mol. The number of aryl methyl sites for hydroxylation is 1. The zero-order valence-corrected chi connectivity index (χ0v) is 10.1. The Bertz CT molecular complexity index is 453. The van der Waals surface area contributed by atoms with E-state index in [9.17, 15) is 0 Å². The van der Waals surface area contributed by atoms with Gasteiger partial charge < -0.3 is 5.32 Å². The van der Waals surface area contributed by atoms with Gasteiger partial charge in [0.15, 0.2) is 0 Å². The van der Waals surface area contributed by atoms with Crippen LogP contribution in [0.3, 0.4) is 0 Å². The summed E-state index contributed by atoms with van der Waals surface area (Å²) < 4.78 is 0. The van der Waals surface area contributed by atoms with Gasteiger partial charge in [0.1, 0.15) is 5.15 Å². The summed E-state index contributed by atoms with van der Waals surface area (Å²) >= 11 is 5.94. The number of allylic oxidation sites excluding steroid dienone is 1. The van der Waals surface area contributed by atoms with E-state index in [0.29, 0.717) is 11.2 Å². The van der Waals surface area contributed by atoms with Crippen molar-refractivity contribution in [3.05, 3.63) is 34.6 Å². The average Bonchev–Trinajstić information content (AvgIpc) is 2.24. The standard InChI is InChI=1S/C13H15ClN2/c1-8-4-11(7-16-13(8)14)9-2-3-10-6-15-12(10)5-9/h2,4,7,10,12,15H,3,5-6H2,1H3/t10-,12-/m0/s1. The summed E-state index contributed by atoms with van der Waals surface area (Å²) in [5.41, 5.74) is 3.71. The van der Waals surface area contributed by atoms with Crippen molar-refractivity contribution in [3.8, 4) is 0 Å². The molecule has 2 heterocycles. The van der Waals surface area contributed by atoms with E-state index in [2.05, 4.69) is 22.4 Å². The molecule has 2 atom stereocenters. The van der Waals surface area contributed by atoms with Gasteiger partial charge in [-0.05, 0) is 48.4 Å². The number of pyridine rings is 1. The van der Waals surface area contributed by atoms with Gasteiger partial charge in [0.25, 0.3) is 0 Å². The van der Waals surface area contributed by atoms with Crippen molar-refractivity contribution in [2.24, 2.45) is 5.92 Å². The highest BCUT2D eigenvalue weighted by Crippen LogP contribution is 2.34. The van der Waals surface area contributed by atoms with Gasteiger partial charge in [0.2, 0.25) is 0 Å². The molecule has 1 aromatic rings. The molecule has 0 radical (unpaired) electrons. The van der Waals surface area contributed by atoms with E-state index < -0.39 is 0 Å². The van der Waals surface area contributed by atoms with E-state index in [1.807, 2.05) is 13.1 Å². The lowest BCUT2D eigenvalue weighted by Crippen LogP contribution is -2.53. The first-order chi connectivity index (χ1) is 7.74. The number of nitrogens with zero attached hydrogens (tertiary/aromatic N) is 1. The molecule has 3 heteroatoms. The van der Waals surface area contributed by atoms with Crippen LogP contribution in [0.25, 0.3) is 5.57 Å². The van der Waals surface area contributed by atoms with Crippen LogP contribution in [0.2, 0.25) is 5.15 Å². The Morgan fingerprint density at radius 1 is 1.50 bits per heavy atom. The van der Waals surface area contributed by atoms with Crippen LogP contribution in [0.1, 0.15) is 24.0 Å². The van der Waals surface area contributed by atoms with Gasteiger partial charge in [-0.3, -0.25) is 0 Å². The molecule has 1 aliphatic heterocycles. The lowest BCUT2D eigenvalue weighted by Gasteiger charge is -2.41. The highest BCUT2D eigenvalue weighted by atomic mass is 35.5. The largest absolute Gasteiger partial charge is 0.313 e. The molecule has 0 saturated carbocycles. The summed E-state index contributed by atoms with van der Waals surface area (Å²) in [7, 11) is 0. The van der Waals surface area contributed by atoms with Gasteiger partial charge in [0.05, 0.1) is 0 Å². The highest BCUT2D eigenvalue weighted by molar-refractivity contribution is 6.30. The molecule has 0 spiro atoms. The maximum atomic E-state index is 5.94. The zero-order valence-electron chi connectivity index (χ0n) is 9.33. The second-order valence-electron chi connectivity index (χ2n) is 4.78. The number of hydrogen-bond acceptors (Lipinski definition) is 2. The minimum Gasteiger partial charge on any atom is -0.313 e. The number of fused-ring (bicyclic) bond motifs is 1. The van der Waals surface area contributed by atoms with Crippen molar-refractivity contribution in [1.82, 2.24) is 10.3 Å².